The van der Waals surface area contributed by atoms with Gasteiger partial charge in [-0.25, -0.2) is 0 Å². The van der Waals surface area contributed by atoms with Gasteiger partial charge in [0.2, 0.25) is 0 Å². The van der Waals surface area contributed by atoms with Crippen molar-refractivity contribution in [1.29, 1.82) is 0 Å². The SMILES string of the molecule is CONC=C1C=CCCN1C. The van der Waals surface area contributed by atoms with Gasteiger partial charge in [-0.15, -0.1) is 0 Å². The van der Waals surface area contributed by atoms with Crippen LogP contribution in [0.3, 0.4) is 0 Å². The Morgan fingerprint density at radius 1 is 1.73 bits per heavy atom. The molecule has 0 aliphatic carbocycles. The van der Waals surface area contributed by atoms with Crippen molar-refractivity contribution in [3.8, 4) is 0 Å². The molecule has 62 valence electrons. The zero-order chi connectivity index (χ0) is 8.10. The summed E-state index contributed by atoms with van der Waals surface area (Å²) in [5.41, 5.74) is 3.84. The lowest BCUT2D eigenvalue weighted by Crippen LogP contribution is -2.22. The molecule has 3 nitrogen and oxygen atoms in total. The highest BCUT2D eigenvalue weighted by molar-refractivity contribution is 5.18. The molecule has 1 N–H and O–H groups in total. The Bertz CT molecular complexity index is 175. The Balaban J connectivity index is 2.53. The number of nitrogens with one attached hydrogen (secondary N) is 1. The molecule has 0 spiro atoms. The molecule has 0 aromatic rings. The zero-order valence-electron chi connectivity index (χ0n) is 7.00. The second-order valence-corrected chi connectivity index (χ2v) is 2.50. The minimum Gasteiger partial charge on any atom is -0.373 e. The molecule has 0 saturated heterocycles. The number of likely N-dealkylation sites (N-methyl/N-ethyl adjacent to an activating group) is 1. The fraction of sp³-hybridized carbons (Fsp3) is 0.500. The largest absolute Gasteiger partial charge is 0.373 e. The topological polar surface area (TPSA) is 24.5 Å². The maximum absolute atomic E-state index is 4.71. The molecule has 0 radical (unpaired) electrons. The van der Waals surface area contributed by atoms with E-state index in [4.69, 9.17) is 4.84 Å². The number of hydrogen-bond acceptors (Lipinski definition) is 3. The first-order valence-electron chi connectivity index (χ1n) is 3.71. The number of rotatable bonds is 2. The second-order valence-electron chi connectivity index (χ2n) is 2.50. The summed E-state index contributed by atoms with van der Waals surface area (Å²) in [4.78, 5) is 6.88. The molecule has 0 bridgehead atoms. The summed E-state index contributed by atoms with van der Waals surface area (Å²) in [6.07, 6.45) is 7.20. The fourth-order valence-corrected chi connectivity index (χ4v) is 1.01. The van der Waals surface area contributed by atoms with Crippen LogP contribution in [0.4, 0.5) is 0 Å². The van der Waals surface area contributed by atoms with Gasteiger partial charge >= 0.3 is 0 Å². The normalized spacial score (nSPS) is 20.9. The van der Waals surface area contributed by atoms with Crippen LogP contribution in [0.15, 0.2) is 24.0 Å². The van der Waals surface area contributed by atoms with E-state index in [0.29, 0.717) is 0 Å². The van der Waals surface area contributed by atoms with E-state index in [1.165, 1.54) is 0 Å². The van der Waals surface area contributed by atoms with Gasteiger partial charge in [-0.3, -0.25) is 10.3 Å². The van der Waals surface area contributed by atoms with Crippen molar-refractivity contribution in [1.82, 2.24) is 10.4 Å². The molecule has 1 heterocycles. The van der Waals surface area contributed by atoms with Crippen LogP contribution in [0.2, 0.25) is 0 Å². The summed E-state index contributed by atoms with van der Waals surface area (Å²) < 4.78 is 0. The Labute approximate surface area is 67.3 Å². The molecule has 0 atom stereocenters. The molecular formula is C8H14N2O. The number of hydrogen-bond donors (Lipinski definition) is 1. The maximum Gasteiger partial charge on any atom is 0.0636 e. The quantitative estimate of drug-likeness (QED) is 0.597. The van der Waals surface area contributed by atoms with Crippen molar-refractivity contribution in [3.63, 3.8) is 0 Å². The molecule has 0 saturated carbocycles. The molecular weight excluding hydrogens is 140 g/mol. The highest BCUT2D eigenvalue weighted by Gasteiger charge is 2.03. The van der Waals surface area contributed by atoms with Gasteiger partial charge in [-0.1, -0.05) is 6.08 Å². The average Bonchev–Trinajstić information content (AvgIpc) is 2.03. The van der Waals surface area contributed by atoms with Gasteiger partial charge in [0.1, 0.15) is 0 Å². The van der Waals surface area contributed by atoms with E-state index >= 15 is 0 Å². The molecule has 11 heavy (non-hydrogen) atoms. The van der Waals surface area contributed by atoms with E-state index in [0.717, 1.165) is 18.7 Å². The van der Waals surface area contributed by atoms with Crippen LogP contribution >= 0.6 is 0 Å². The summed E-state index contributed by atoms with van der Waals surface area (Å²) in [6, 6.07) is 0. The molecule has 0 amide bonds. The predicted octanol–water partition coefficient (Wildman–Crippen LogP) is 0.871. The maximum atomic E-state index is 4.71. The van der Waals surface area contributed by atoms with Crippen LogP contribution < -0.4 is 5.48 Å². The Morgan fingerprint density at radius 2 is 2.55 bits per heavy atom. The second kappa shape index (κ2) is 4.03. The minimum absolute atomic E-state index is 1.08. The van der Waals surface area contributed by atoms with Gasteiger partial charge in [0.25, 0.3) is 0 Å². The first-order valence-corrected chi connectivity index (χ1v) is 3.71. The van der Waals surface area contributed by atoms with E-state index in [-0.39, 0.29) is 0 Å². The van der Waals surface area contributed by atoms with Gasteiger partial charge < -0.3 is 4.90 Å². The minimum atomic E-state index is 1.08. The predicted molar refractivity (Wildman–Crippen MR) is 44.6 cm³/mol. The van der Waals surface area contributed by atoms with Gasteiger partial charge in [-0.2, -0.15) is 0 Å². The lowest BCUT2D eigenvalue weighted by molar-refractivity contribution is 0.126. The molecule has 3 heteroatoms. The standard InChI is InChI=1S/C8H14N2O/c1-10-6-4-3-5-8(10)7-9-11-2/h3,5,7,9H,4,6H2,1-2H3. The monoisotopic (exact) mass is 154 g/mol. The molecule has 0 aromatic heterocycles. The van der Waals surface area contributed by atoms with Crippen molar-refractivity contribution in [2.45, 2.75) is 6.42 Å². The summed E-state index contributed by atoms with van der Waals surface area (Å²) in [5, 5.41) is 0. The number of allylic oxidation sites excluding steroid dienone is 1. The lowest BCUT2D eigenvalue weighted by Gasteiger charge is -2.22. The summed E-state index contributed by atoms with van der Waals surface area (Å²) in [6.45, 7) is 1.08. The van der Waals surface area contributed by atoms with Crippen molar-refractivity contribution in [3.05, 3.63) is 24.0 Å². The van der Waals surface area contributed by atoms with Gasteiger partial charge in [0.15, 0.2) is 0 Å². The van der Waals surface area contributed by atoms with E-state index in [9.17, 15) is 0 Å². The highest BCUT2D eigenvalue weighted by Crippen LogP contribution is 2.09. The van der Waals surface area contributed by atoms with E-state index < -0.39 is 0 Å². The molecule has 1 aliphatic heterocycles. The Morgan fingerprint density at radius 3 is 3.18 bits per heavy atom. The van der Waals surface area contributed by atoms with E-state index in [1.807, 2.05) is 6.20 Å². The molecule has 1 rings (SSSR count). The first kappa shape index (κ1) is 8.14. The third-order valence-electron chi connectivity index (χ3n) is 1.69. The van der Waals surface area contributed by atoms with Crippen molar-refractivity contribution in [2.24, 2.45) is 0 Å². The van der Waals surface area contributed by atoms with Crippen LogP contribution in [0.5, 0.6) is 0 Å². The van der Waals surface area contributed by atoms with Crippen LogP contribution in [-0.4, -0.2) is 25.6 Å². The fourth-order valence-electron chi connectivity index (χ4n) is 1.01. The third-order valence-corrected chi connectivity index (χ3v) is 1.69. The lowest BCUT2D eigenvalue weighted by atomic mass is 10.2. The van der Waals surface area contributed by atoms with Crippen molar-refractivity contribution < 1.29 is 4.84 Å². The zero-order valence-corrected chi connectivity index (χ0v) is 7.00. The number of nitrogens with zero attached hydrogens (tertiary/aromatic N) is 1. The van der Waals surface area contributed by atoms with Gasteiger partial charge in [0, 0.05) is 19.8 Å². The van der Waals surface area contributed by atoms with E-state index in [1.54, 1.807) is 7.11 Å². The summed E-state index contributed by atoms with van der Waals surface area (Å²) in [5.74, 6) is 0. The third kappa shape index (κ3) is 2.27. The number of hydroxylamine groups is 1. The van der Waals surface area contributed by atoms with E-state index in [2.05, 4.69) is 29.6 Å². The smallest absolute Gasteiger partial charge is 0.0636 e. The Kier molecular flexibility index (Phi) is 2.98. The molecule has 1 aliphatic rings. The van der Waals surface area contributed by atoms with Crippen LogP contribution in [-0.2, 0) is 4.84 Å². The summed E-state index contributed by atoms with van der Waals surface area (Å²) in [7, 11) is 3.66. The molecule has 0 aromatic carbocycles. The Hall–Kier alpha value is -0.960. The van der Waals surface area contributed by atoms with Crippen molar-refractivity contribution >= 4 is 0 Å². The van der Waals surface area contributed by atoms with Crippen LogP contribution in [0.1, 0.15) is 6.42 Å². The van der Waals surface area contributed by atoms with Crippen LogP contribution in [0.25, 0.3) is 0 Å². The average molecular weight is 154 g/mol. The van der Waals surface area contributed by atoms with Crippen LogP contribution in [0, 0.1) is 0 Å². The van der Waals surface area contributed by atoms with Gasteiger partial charge in [-0.05, 0) is 12.5 Å². The van der Waals surface area contributed by atoms with Crippen molar-refractivity contribution in [2.75, 3.05) is 20.7 Å². The first-order chi connectivity index (χ1) is 5.34. The molecule has 0 fully saturated rings. The van der Waals surface area contributed by atoms with Gasteiger partial charge in [0.05, 0.1) is 12.8 Å². The highest BCUT2D eigenvalue weighted by atomic mass is 16.6. The summed E-state index contributed by atoms with van der Waals surface area (Å²) >= 11 is 0. The molecule has 0 unspecified atom stereocenters.